The zero-order valence-electron chi connectivity index (χ0n) is 11.9. The SMILES string of the molecule is CCc1ccc(C(C)N(C=O)C(C=O)C(=O)OC)cc1. The summed E-state index contributed by atoms with van der Waals surface area (Å²) in [5.41, 5.74) is 2.03. The molecule has 0 aliphatic carbocycles. The van der Waals surface area contributed by atoms with Crippen molar-refractivity contribution in [3.8, 4) is 0 Å². The Morgan fingerprint density at radius 1 is 1.30 bits per heavy atom. The molecule has 0 saturated carbocycles. The highest BCUT2D eigenvalue weighted by atomic mass is 16.5. The van der Waals surface area contributed by atoms with Gasteiger partial charge in [-0.25, -0.2) is 4.79 Å². The minimum atomic E-state index is -1.22. The number of carbonyl (C=O) groups excluding carboxylic acids is 3. The summed E-state index contributed by atoms with van der Waals surface area (Å²) in [4.78, 5) is 34.9. The first-order valence-electron chi connectivity index (χ1n) is 6.43. The number of carbonyl (C=O) groups is 3. The van der Waals surface area contributed by atoms with Gasteiger partial charge in [0.25, 0.3) is 0 Å². The van der Waals surface area contributed by atoms with Crippen molar-refractivity contribution in [2.24, 2.45) is 0 Å². The van der Waals surface area contributed by atoms with Crippen LogP contribution in [0, 0.1) is 0 Å². The number of benzene rings is 1. The Balaban J connectivity index is 3.00. The highest BCUT2D eigenvalue weighted by molar-refractivity contribution is 5.94. The number of aryl methyl sites for hydroxylation is 1. The largest absolute Gasteiger partial charge is 0.467 e. The fourth-order valence-corrected chi connectivity index (χ4v) is 1.97. The average molecular weight is 277 g/mol. The second kappa shape index (κ2) is 7.43. The van der Waals surface area contributed by atoms with Crippen LogP contribution in [0.15, 0.2) is 24.3 Å². The highest BCUT2D eigenvalue weighted by Crippen LogP contribution is 2.21. The van der Waals surface area contributed by atoms with E-state index in [1.807, 2.05) is 24.3 Å². The summed E-state index contributed by atoms with van der Waals surface area (Å²) in [6, 6.07) is 6.08. The highest BCUT2D eigenvalue weighted by Gasteiger charge is 2.29. The van der Waals surface area contributed by atoms with Gasteiger partial charge in [0.2, 0.25) is 6.41 Å². The maximum atomic E-state index is 11.5. The number of hydrogen-bond donors (Lipinski definition) is 0. The maximum Gasteiger partial charge on any atom is 0.336 e. The average Bonchev–Trinajstić information content (AvgIpc) is 2.51. The van der Waals surface area contributed by atoms with Crippen molar-refractivity contribution in [3.05, 3.63) is 35.4 Å². The summed E-state index contributed by atoms with van der Waals surface area (Å²) in [6.45, 7) is 3.81. The Morgan fingerprint density at radius 3 is 2.30 bits per heavy atom. The number of rotatable bonds is 7. The van der Waals surface area contributed by atoms with Crippen LogP contribution in [0.1, 0.15) is 31.0 Å². The van der Waals surface area contributed by atoms with Gasteiger partial charge in [-0.05, 0) is 24.5 Å². The summed E-state index contributed by atoms with van der Waals surface area (Å²) < 4.78 is 4.54. The molecule has 0 saturated heterocycles. The molecule has 0 spiro atoms. The van der Waals surface area contributed by atoms with E-state index in [0.717, 1.165) is 16.9 Å². The predicted molar refractivity (Wildman–Crippen MR) is 74.0 cm³/mol. The van der Waals surface area contributed by atoms with Gasteiger partial charge >= 0.3 is 5.97 Å². The van der Waals surface area contributed by atoms with Gasteiger partial charge < -0.3 is 14.4 Å². The topological polar surface area (TPSA) is 63.7 Å². The zero-order chi connectivity index (χ0) is 15.1. The van der Waals surface area contributed by atoms with Crippen LogP contribution in [0.25, 0.3) is 0 Å². The molecule has 108 valence electrons. The first-order chi connectivity index (χ1) is 9.58. The Morgan fingerprint density at radius 2 is 1.90 bits per heavy atom. The fraction of sp³-hybridized carbons (Fsp3) is 0.400. The van der Waals surface area contributed by atoms with Crippen molar-refractivity contribution in [1.29, 1.82) is 0 Å². The van der Waals surface area contributed by atoms with E-state index >= 15 is 0 Å². The molecular weight excluding hydrogens is 258 g/mol. The molecule has 0 radical (unpaired) electrons. The van der Waals surface area contributed by atoms with Crippen LogP contribution in [-0.4, -0.2) is 36.7 Å². The minimum absolute atomic E-state index is 0.396. The third-order valence-corrected chi connectivity index (χ3v) is 3.33. The zero-order valence-corrected chi connectivity index (χ0v) is 11.9. The van der Waals surface area contributed by atoms with Crippen molar-refractivity contribution in [3.63, 3.8) is 0 Å². The van der Waals surface area contributed by atoms with E-state index in [1.54, 1.807) is 6.92 Å². The summed E-state index contributed by atoms with van der Waals surface area (Å²) in [7, 11) is 1.18. The van der Waals surface area contributed by atoms with Crippen LogP contribution >= 0.6 is 0 Å². The summed E-state index contributed by atoms with van der Waals surface area (Å²) in [5.74, 6) is -0.746. The van der Waals surface area contributed by atoms with E-state index in [-0.39, 0.29) is 0 Å². The van der Waals surface area contributed by atoms with Crippen LogP contribution in [0.5, 0.6) is 0 Å². The Kier molecular flexibility index (Phi) is 5.90. The standard InChI is InChI=1S/C15H19NO4/c1-4-12-5-7-13(8-6-12)11(2)16(10-18)14(9-17)15(19)20-3/h5-11,14H,4H2,1-3H3. The number of hydrogen-bond acceptors (Lipinski definition) is 4. The van der Waals surface area contributed by atoms with Gasteiger partial charge in [-0.3, -0.25) is 4.79 Å². The molecule has 5 heteroatoms. The van der Waals surface area contributed by atoms with Gasteiger partial charge in [0.05, 0.1) is 13.2 Å². The number of nitrogens with zero attached hydrogens (tertiary/aromatic N) is 1. The third-order valence-electron chi connectivity index (χ3n) is 3.33. The van der Waals surface area contributed by atoms with Crippen molar-refractivity contribution < 1.29 is 19.1 Å². The quantitative estimate of drug-likeness (QED) is 0.430. The second-order valence-corrected chi connectivity index (χ2v) is 4.43. The lowest BCUT2D eigenvalue weighted by atomic mass is 10.0. The van der Waals surface area contributed by atoms with Crippen molar-refractivity contribution in [1.82, 2.24) is 4.90 Å². The van der Waals surface area contributed by atoms with Crippen LogP contribution < -0.4 is 0 Å². The third kappa shape index (κ3) is 3.44. The van der Waals surface area contributed by atoms with Gasteiger partial charge in [-0.1, -0.05) is 31.2 Å². The molecule has 5 nitrogen and oxygen atoms in total. The lowest BCUT2D eigenvalue weighted by Crippen LogP contribution is -2.43. The lowest BCUT2D eigenvalue weighted by molar-refractivity contribution is -0.152. The molecule has 0 bridgehead atoms. The van der Waals surface area contributed by atoms with Crippen LogP contribution in [0.4, 0.5) is 0 Å². The molecule has 0 fully saturated rings. The number of aldehydes is 1. The van der Waals surface area contributed by atoms with E-state index in [4.69, 9.17) is 0 Å². The molecular formula is C15H19NO4. The summed E-state index contributed by atoms with van der Waals surface area (Å²) in [6.07, 6.45) is 1.83. The molecule has 2 unspecified atom stereocenters. The Hall–Kier alpha value is -2.17. The molecule has 0 aromatic heterocycles. The Labute approximate surface area is 118 Å². The fourth-order valence-electron chi connectivity index (χ4n) is 1.97. The lowest BCUT2D eigenvalue weighted by Gasteiger charge is -2.28. The predicted octanol–water partition coefficient (Wildman–Crippen LogP) is 1.51. The molecule has 1 aromatic carbocycles. The van der Waals surface area contributed by atoms with Gasteiger partial charge in [0.15, 0.2) is 12.3 Å². The van der Waals surface area contributed by atoms with E-state index in [1.165, 1.54) is 12.7 Å². The monoisotopic (exact) mass is 277 g/mol. The minimum Gasteiger partial charge on any atom is -0.467 e. The first kappa shape index (κ1) is 15.9. The summed E-state index contributed by atoms with van der Waals surface area (Å²) in [5, 5.41) is 0. The van der Waals surface area contributed by atoms with Crippen LogP contribution in [-0.2, 0) is 25.5 Å². The molecule has 0 heterocycles. The van der Waals surface area contributed by atoms with E-state index in [0.29, 0.717) is 12.7 Å². The summed E-state index contributed by atoms with van der Waals surface area (Å²) >= 11 is 0. The number of esters is 1. The van der Waals surface area contributed by atoms with Gasteiger partial charge in [0, 0.05) is 0 Å². The molecule has 1 aromatic rings. The molecule has 1 rings (SSSR count). The van der Waals surface area contributed by atoms with Gasteiger partial charge in [-0.15, -0.1) is 0 Å². The maximum absolute atomic E-state index is 11.5. The molecule has 20 heavy (non-hydrogen) atoms. The normalized spacial score (nSPS) is 13.2. The number of amides is 1. The van der Waals surface area contributed by atoms with Crippen LogP contribution in [0.2, 0.25) is 0 Å². The molecule has 2 atom stereocenters. The molecule has 0 aliphatic heterocycles. The molecule has 0 aliphatic rings. The first-order valence-corrected chi connectivity index (χ1v) is 6.43. The molecule has 0 N–H and O–H groups in total. The molecule has 1 amide bonds. The van der Waals surface area contributed by atoms with E-state index in [2.05, 4.69) is 11.7 Å². The van der Waals surface area contributed by atoms with E-state index in [9.17, 15) is 14.4 Å². The van der Waals surface area contributed by atoms with Gasteiger partial charge in [0.1, 0.15) is 0 Å². The Bertz CT molecular complexity index is 469. The van der Waals surface area contributed by atoms with E-state index < -0.39 is 18.1 Å². The van der Waals surface area contributed by atoms with Crippen molar-refractivity contribution in [2.45, 2.75) is 32.4 Å². The number of methoxy groups -OCH3 is 1. The van der Waals surface area contributed by atoms with Crippen LogP contribution in [0.3, 0.4) is 0 Å². The number of ether oxygens (including phenoxy) is 1. The van der Waals surface area contributed by atoms with Crippen molar-refractivity contribution >= 4 is 18.7 Å². The van der Waals surface area contributed by atoms with Crippen molar-refractivity contribution in [2.75, 3.05) is 7.11 Å². The smallest absolute Gasteiger partial charge is 0.336 e. The van der Waals surface area contributed by atoms with Gasteiger partial charge in [-0.2, -0.15) is 0 Å². The second-order valence-electron chi connectivity index (χ2n) is 4.43.